The van der Waals surface area contributed by atoms with E-state index >= 15 is 0 Å². The molecule has 0 bridgehead atoms. The molecule has 1 aliphatic rings. The maximum Gasteiger partial charge on any atom is 0.311 e. The number of ether oxygens (including phenoxy) is 1. The fourth-order valence-corrected chi connectivity index (χ4v) is 3.56. The number of hydrogen-bond acceptors (Lipinski definition) is 6. The molecule has 0 aliphatic carbocycles. The van der Waals surface area contributed by atoms with E-state index in [9.17, 15) is 14.7 Å². The van der Waals surface area contributed by atoms with Crippen molar-refractivity contribution in [3.63, 3.8) is 0 Å². The monoisotopic (exact) mass is 341 g/mol. The van der Waals surface area contributed by atoms with Gasteiger partial charge in [0.1, 0.15) is 0 Å². The van der Waals surface area contributed by atoms with Crippen molar-refractivity contribution >= 4 is 28.3 Å². The number of carboxylic acid groups (broad SMARTS) is 1. The fourth-order valence-electron chi connectivity index (χ4n) is 2.96. The number of carboxylic acids is 1. The van der Waals surface area contributed by atoms with Crippen LogP contribution in [0.3, 0.4) is 0 Å². The van der Waals surface area contributed by atoms with Gasteiger partial charge in [-0.1, -0.05) is 0 Å². The van der Waals surface area contributed by atoms with Gasteiger partial charge in [-0.15, -0.1) is 11.3 Å². The van der Waals surface area contributed by atoms with Gasteiger partial charge in [0.25, 0.3) is 0 Å². The van der Waals surface area contributed by atoms with Gasteiger partial charge in [0.15, 0.2) is 5.13 Å². The van der Waals surface area contributed by atoms with Crippen molar-refractivity contribution in [2.45, 2.75) is 32.1 Å². The summed E-state index contributed by atoms with van der Waals surface area (Å²) in [6.45, 7) is 1.25. The Morgan fingerprint density at radius 1 is 1.57 bits per heavy atom. The molecule has 3 N–H and O–H groups in total. The van der Waals surface area contributed by atoms with E-state index < -0.39 is 11.4 Å². The number of thiazole rings is 1. The van der Waals surface area contributed by atoms with Gasteiger partial charge in [0, 0.05) is 38.6 Å². The van der Waals surface area contributed by atoms with E-state index in [1.807, 2.05) is 5.38 Å². The highest BCUT2D eigenvalue weighted by atomic mass is 32.1. The molecule has 1 fully saturated rings. The van der Waals surface area contributed by atoms with Gasteiger partial charge >= 0.3 is 5.97 Å². The van der Waals surface area contributed by atoms with Gasteiger partial charge in [0.05, 0.1) is 11.1 Å². The lowest BCUT2D eigenvalue weighted by Crippen LogP contribution is -2.50. The quantitative estimate of drug-likeness (QED) is 0.776. The summed E-state index contributed by atoms with van der Waals surface area (Å²) in [5.74, 6) is -0.876. The van der Waals surface area contributed by atoms with Gasteiger partial charge in [-0.2, -0.15) is 0 Å². The SMILES string of the molecule is COCC[C@@]1(C(=O)O)CCCN(C(=O)CCc2csc(N)n2)C1. The molecule has 1 aromatic heterocycles. The minimum atomic E-state index is -0.894. The number of carbonyl (C=O) groups is 2. The lowest BCUT2D eigenvalue weighted by atomic mass is 9.77. The number of amides is 1. The molecule has 0 saturated carbocycles. The maximum absolute atomic E-state index is 12.4. The number of piperidine rings is 1. The van der Waals surface area contributed by atoms with Crippen LogP contribution in [0.25, 0.3) is 0 Å². The van der Waals surface area contributed by atoms with Crippen molar-refractivity contribution in [2.75, 3.05) is 32.5 Å². The molecule has 8 heteroatoms. The first-order chi connectivity index (χ1) is 11.0. The first-order valence-electron chi connectivity index (χ1n) is 7.67. The Bertz CT molecular complexity index is 563. The Balaban J connectivity index is 1.95. The summed E-state index contributed by atoms with van der Waals surface area (Å²) in [5, 5.41) is 12.0. The van der Waals surface area contributed by atoms with Crippen LogP contribution in [-0.2, 0) is 20.7 Å². The zero-order chi connectivity index (χ0) is 16.9. The van der Waals surface area contributed by atoms with E-state index in [0.717, 1.165) is 5.69 Å². The van der Waals surface area contributed by atoms with E-state index in [-0.39, 0.29) is 12.5 Å². The number of aryl methyl sites for hydroxylation is 1. The average Bonchev–Trinajstić information content (AvgIpc) is 2.96. The Morgan fingerprint density at radius 2 is 2.35 bits per heavy atom. The number of anilines is 1. The van der Waals surface area contributed by atoms with Crippen molar-refractivity contribution in [1.29, 1.82) is 0 Å². The fraction of sp³-hybridized carbons (Fsp3) is 0.667. The van der Waals surface area contributed by atoms with E-state index in [4.69, 9.17) is 10.5 Å². The van der Waals surface area contributed by atoms with Crippen molar-refractivity contribution in [3.05, 3.63) is 11.1 Å². The number of likely N-dealkylation sites (tertiary alicyclic amines) is 1. The molecule has 1 aromatic rings. The van der Waals surface area contributed by atoms with Crippen LogP contribution in [0.1, 0.15) is 31.4 Å². The van der Waals surface area contributed by atoms with E-state index in [2.05, 4.69) is 4.98 Å². The van der Waals surface area contributed by atoms with Crippen LogP contribution in [0.5, 0.6) is 0 Å². The van der Waals surface area contributed by atoms with Gasteiger partial charge < -0.3 is 20.5 Å². The predicted molar refractivity (Wildman–Crippen MR) is 87.2 cm³/mol. The first kappa shape index (κ1) is 17.7. The van der Waals surface area contributed by atoms with Crippen LogP contribution in [0.4, 0.5) is 5.13 Å². The maximum atomic E-state index is 12.4. The summed E-state index contributed by atoms with van der Waals surface area (Å²) in [4.78, 5) is 29.9. The number of aromatic nitrogens is 1. The third-order valence-electron chi connectivity index (χ3n) is 4.33. The molecule has 1 atom stereocenters. The molecule has 0 spiro atoms. The van der Waals surface area contributed by atoms with Crippen molar-refractivity contribution in [2.24, 2.45) is 5.41 Å². The molecule has 1 amide bonds. The molecule has 1 saturated heterocycles. The molecule has 128 valence electrons. The van der Waals surface area contributed by atoms with Crippen LogP contribution in [0.15, 0.2) is 5.38 Å². The predicted octanol–water partition coefficient (Wildman–Crippen LogP) is 1.39. The molecular weight excluding hydrogens is 318 g/mol. The molecule has 0 radical (unpaired) electrons. The van der Waals surface area contributed by atoms with E-state index in [1.165, 1.54) is 11.3 Å². The molecule has 0 aromatic carbocycles. The second-order valence-corrected chi connectivity index (χ2v) is 6.81. The molecule has 0 unspecified atom stereocenters. The molecule has 7 nitrogen and oxygen atoms in total. The van der Waals surface area contributed by atoms with Gasteiger partial charge in [0.2, 0.25) is 5.91 Å². The summed E-state index contributed by atoms with van der Waals surface area (Å²) in [6.07, 6.45) is 2.55. The number of methoxy groups -OCH3 is 1. The van der Waals surface area contributed by atoms with E-state index in [0.29, 0.717) is 50.4 Å². The minimum absolute atomic E-state index is 0.0284. The van der Waals surface area contributed by atoms with Crippen LogP contribution in [-0.4, -0.2) is 53.7 Å². The Hall–Kier alpha value is -1.67. The zero-order valence-electron chi connectivity index (χ0n) is 13.3. The molecule has 2 rings (SSSR count). The number of nitrogens with two attached hydrogens (primary N) is 1. The van der Waals surface area contributed by atoms with Crippen molar-refractivity contribution in [3.8, 4) is 0 Å². The number of hydrogen-bond donors (Lipinski definition) is 2. The summed E-state index contributed by atoms with van der Waals surface area (Å²) in [6, 6.07) is 0. The largest absolute Gasteiger partial charge is 0.481 e. The second kappa shape index (κ2) is 7.74. The summed E-state index contributed by atoms with van der Waals surface area (Å²) in [7, 11) is 1.56. The van der Waals surface area contributed by atoms with Crippen molar-refractivity contribution < 1.29 is 19.4 Å². The summed E-state index contributed by atoms with van der Waals surface area (Å²) >= 11 is 1.35. The molecular formula is C15H23N3O4S. The first-order valence-corrected chi connectivity index (χ1v) is 8.55. The molecule has 23 heavy (non-hydrogen) atoms. The highest BCUT2D eigenvalue weighted by Gasteiger charge is 2.43. The standard InChI is InChI=1S/C15H23N3O4S/c1-22-8-6-15(13(20)21)5-2-7-18(10-15)12(19)4-3-11-9-23-14(16)17-11/h9H,2-8,10H2,1H3,(H2,16,17)(H,20,21)/t15-/m0/s1. The lowest BCUT2D eigenvalue weighted by molar-refractivity contribution is -0.156. The van der Waals surface area contributed by atoms with Gasteiger partial charge in [-0.25, -0.2) is 4.98 Å². The Morgan fingerprint density at radius 3 is 2.96 bits per heavy atom. The second-order valence-electron chi connectivity index (χ2n) is 5.92. The zero-order valence-corrected chi connectivity index (χ0v) is 14.1. The molecule has 2 heterocycles. The van der Waals surface area contributed by atoms with Crippen LogP contribution in [0, 0.1) is 5.41 Å². The van der Waals surface area contributed by atoms with Crippen LogP contribution >= 0.6 is 11.3 Å². The van der Waals surface area contributed by atoms with Crippen LogP contribution in [0.2, 0.25) is 0 Å². The van der Waals surface area contributed by atoms with Gasteiger partial charge in [-0.05, 0) is 25.7 Å². The Labute approximate surface area is 139 Å². The average molecular weight is 341 g/mol. The highest BCUT2D eigenvalue weighted by molar-refractivity contribution is 7.13. The summed E-state index contributed by atoms with van der Waals surface area (Å²) in [5.41, 5.74) is 5.49. The molecule has 1 aliphatic heterocycles. The number of nitrogens with zero attached hydrogens (tertiary/aromatic N) is 2. The summed E-state index contributed by atoms with van der Waals surface area (Å²) < 4.78 is 5.04. The van der Waals surface area contributed by atoms with Gasteiger partial charge in [-0.3, -0.25) is 9.59 Å². The third kappa shape index (κ3) is 4.42. The number of rotatable bonds is 7. The topological polar surface area (TPSA) is 106 Å². The number of nitrogen functional groups attached to an aromatic ring is 1. The number of carbonyl (C=O) groups excluding carboxylic acids is 1. The van der Waals surface area contributed by atoms with Crippen molar-refractivity contribution in [1.82, 2.24) is 9.88 Å². The highest BCUT2D eigenvalue weighted by Crippen LogP contribution is 2.34. The van der Waals surface area contributed by atoms with E-state index in [1.54, 1.807) is 12.0 Å². The third-order valence-corrected chi connectivity index (χ3v) is 5.06. The van der Waals surface area contributed by atoms with Crippen LogP contribution < -0.4 is 5.73 Å². The lowest BCUT2D eigenvalue weighted by Gasteiger charge is -2.40. The normalized spacial score (nSPS) is 21.3. The minimum Gasteiger partial charge on any atom is -0.481 e. The number of aliphatic carboxylic acids is 1. The Kier molecular flexibility index (Phi) is 5.95. The smallest absolute Gasteiger partial charge is 0.311 e.